The molecule has 2 unspecified atom stereocenters. The van der Waals surface area contributed by atoms with Gasteiger partial charge in [0.25, 0.3) is 0 Å². The molecule has 16 heavy (non-hydrogen) atoms. The Morgan fingerprint density at radius 1 is 1.50 bits per heavy atom. The van der Waals surface area contributed by atoms with Gasteiger partial charge >= 0.3 is 0 Å². The summed E-state index contributed by atoms with van der Waals surface area (Å²) in [6.07, 6.45) is 4.63. The van der Waals surface area contributed by atoms with Crippen LogP contribution in [-0.2, 0) is 9.59 Å². The first kappa shape index (κ1) is 11.2. The highest BCUT2D eigenvalue weighted by Gasteiger charge is 2.45. The Morgan fingerprint density at radius 2 is 2.19 bits per heavy atom. The van der Waals surface area contributed by atoms with Gasteiger partial charge in [0.2, 0.25) is 11.8 Å². The van der Waals surface area contributed by atoms with E-state index >= 15 is 0 Å². The van der Waals surface area contributed by atoms with Crippen molar-refractivity contribution in [3.63, 3.8) is 0 Å². The molecule has 0 radical (unpaired) electrons. The fraction of sp³-hybridized carbons (Fsp3) is 0.667. The molecule has 0 spiro atoms. The quantitative estimate of drug-likeness (QED) is 0.711. The third kappa shape index (κ3) is 1.96. The number of hydrogen-bond donors (Lipinski definition) is 1. The van der Waals surface area contributed by atoms with Gasteiger partial charge in [0.15, 0.2) is 0 Å². The van der Waals surface area contributed by atoms with Crippen molar-refractivity contribution >= 4 is 11.8 Å². The van der Waals surface area contributed by atoms with E-state index in [1.807, 2.05) is 0 Å². The van der Waals surface area contributed by atoms with E-state index in [9.17, 15) is 9.59 Å². The first-order chi connectivity index (χ1) is 7.65. The zero-order valence-corrected chi connectivity index (χ0v) is 9.61. The van der Waals surface area contributed by atoms with E-state index in [0.717, 1.165) is 19.3 Å². The molecule has 1 heterocycles. The van der Waals surface area contributed by atoms with Crippen LogP contribution in [0.15, 0.2) is 12.7 Å². The van der Waals surface area contributed by atoms with Crippen molar-refractivity contribution in [1.82, 2.24) is 10.2 Å². The summed E-state index contributed by atoms with van der Waals surface area (Å²) >= 11 is 0. The zero-order valence-electron chi connectivity index (χ0n) is 9.61. The average molecular weight is 222 g/mol. The molecule has 2 fully saturated rings. The first-order valence-electron chi connectivity index (χ1n) is 5.87. The second-order valence-electron chi connectivity index (χ2n) is 4.61. The standard InChI is InChI=1S/C12H18N2O2/c1-3-4-7-14-8(2)11(15)13-10(12(14)16)9-5-6-9/h3,8-10H,1,4-7H2,2H3,(H,13,15). The molecule has 1 N–H and O–H groups in total. The molecule has 0 bridgehead atoms. The minimum Gasteiger partial charge on any atom is -0.342 e. The van der Waals surface area contributed by atoms with Crippen LogP contribution in [0.3, 0.4) is 0 Å². The third-order valence-corrected chi connectivity index (χ3v) is 3.36. The minimum absolute atomic E-state index is 0.0273. The Balaban J connectivity index is 2.08. The lowest BCUT2D eigenvalue weighted by Gasteiger charge is -2.37. The predicted octanol–water partition coefficient (Wildman–Crippen LogP) is 0.688. The minimum atomic E-state index is -0.345. The number of hydrogen-bond acceptors (Lipinski definition) is 2. The van der Waals surface area contributed by atoms with Crippen LogP contribution in [0.4, 0.5) is 0 Å². The van der Waals surface area contributed by atoms with Crippen molar-refractivity contribution in [2.24, 2.45) is 5.92 Å². The summed E-state index contributed by atoms with van der Waals surface area (Å²) in [5.41, 5.74) is 0. The summed E-state index contributed by atoms with van der Waals surface area (Å²) in [5.74, 6) is 0.423. The summed E-state index contributed by atoms with van der Waals surface area (Å²) in [6, 6.07) is -0.615. The lowest BCUT2D eigenvalue weighted by molar-refractivity contribution is -0.149. The summed E-state index contributed by atoms with van der Waals surface area (Å²) in [4.78, 5) is 25.6. The number of carbonyl (C=O) groups excluding carboxylic acids is 2. The molecule has 1 aliphatic heterocycles. The molecule has 2 aliphatic rings. The topological polar surface area (TPSA) is 49.4 Å². The Kier molecular flexibility index (Phi) is 2.99. The van der Waals surface area contributed by atoms with Gasteiger partial charge in [0.1, 0.15) is 12.1 Å². The normalized spacial score (nSPS) is 30.2. The van der Waals surface area contributed by atoms with E-state index in [-0.39, 0.29) is 23.9 Å². The second-order valence-corrected chi connectivity index (χ2v) is 4.61. The number of carbonyl (C=O) groups is 2. The highest BCUT2D eigenvalue weighted by molar-refractivity contribution is 5.97. The fourth-order valence-electron chi connectivity index (χ4n) is 2.13. The van der Waals surface area contributed by atoms with Gasteiger partial charge in [-0.15, -0.1) is 6.58 Å². The van der Waals surface area contributed by atoms with Crippen molar-refractivity contribution in [3.05, 3.63) is 12.7 Å². The highest BCUT2D eigenvalue weighted by atomic mass is 16.2. The van der Waals surface area contributed by atoms with E-state index in [1.54, 1.807) is 17.9 Å². The summed E-state index contributed by atoms with van der Waals surface area (Å²) in [7, 11) is 0. The molecule has 1 saturated carbocycles. The number of nitrogens with zero attached hydrogens (tertiary/aromatic N) is 1. The molecule has 4 nitrogen and oxygen atoms in total. The van der Waals surface area contributed by atoms with Crippen LogP contribution in [-0.4, -0.2) is 35.3 Å². The van der Waals surface area contributed by atoms with E-state index in [0.29, 0.717) is 12.5 Å². The molecule has 0 aromatic heterocycles. The number of piperazine rings is 1. The van der Waals surface area contributed by atoms with E-state index < -0.39 is 0 Å². The van der Waals surface area contributed by atoms with E-state index in [4.69, 9.17) is 0 Å². The number of nitrogens with one attached hydrogen (secondary N) is 1. The lowest BCUT2D eigenvalue weighted by atomic mass is 10.0. The van der Waals surface area contributed by atoms with Gasteiger partial charge in [-0.2, -0.15) is 0 Å². The summed E-state index contributed by atoms with van der Waals surface area (Å²) in [5, 5.41) is 2.83. The molecule has 88 valence electrons. The van der Waals surface area contributed by atoms with Crippen molar-refractivity contribution in [1.29, 1.82) is 0 Å². The van der Waals surface area contributed by atoms with Crippen LogP contribution < -0.4 is 5.32 Å². The van der Waals surface area contributed by atoms with Crippen molar-refractivity contribution < 1.29 is 9.59 Å². The number of amides is 2. The molecular formula is C12H18N2O2. The molecule has 0 aromatic rings. The van der Waals surface area contributed by atoms with Crippen LogP contribution in [0.2, 0.25) is 0 Å². The molecule has 2 rings (SSSR count). The molecule has 4 heteroatoms. The van der Waals surface area contributed by atoms with Gasteiger partial charge in [-0.05, 0) is 32.1 Å². The Labute approximate surface area is 95.7 Å². The van der Waals surface area contributed by atoms with Crippen LogP contribution in [0.1, 0.15) is 26.2 Å². The summed E-state index contributed by atoms with van der Waals surface area (Å²) < 4.78 is 0. The van der Waals surface area contributed by atoms with Gasteiger partial charge in [0.05, 0.1) is 0 Å². The van der Waals surface area contributed by atoms with Crippen LogP contribution >= 0.6 is 0 Å². The molecular weight excluding hydrogens is 204 g/mol. The Bertz CT molecular complexity index is 323. The molecule has 1 saturated heterocycles. The van der Waals surface area contributed by atoms with Gasteiger partial charge in [-0.25, -0.2) is 0 Å². The van der Waals surface area contributed by atoms with E-state index in [2.05, 4.69) is 11.9 Å². The average Bonchev–Trinajstić information content (AvgIpc) is 3.07. The van der Waals surface area contributed by atoms with Crippen molar-refractivity contribution in [2.45, 2.75) is 38.3 Å². The maximum Gasteiger partial charge on any atom is 0.246 e. The van der Waals surface area contributed by atoms with Gasteiger partial charge < -0.3 is 10.2 Å². The smallest absolute Gasteiger partial charge is 0.246 e. The maximum absolute atomic E-state index is 12.1. The Hall–Kier alpha value is -1.32. The van der Waals surface area contributed by atoms with Crippen LogP contribution in [0, 0.1) is 5.92 Å². The highest BCUT2D eigenvalue weighted by Crippen LogP contribution is 2.34. The largest absolute Gasteiger partial charge is 0.342 e. The van der Waals surface area contributed by atoms with Crippen LogP contribution in [0.25, 0.3) is 0 Å². The van der Waals surface area contributed by atoms with Crippen molar-refractivity contribution in [3.8, 4) is 0 Å². The third-order valence-electron chi connectivity index (χ3n) is 3.36. The Morgan fingerprint density at radius 3 is 2.75 bits per heavy atom. The molecule has 0 aromatic carbocycles. The molecule has 2 atom stereocenters. The molecule has 2 amide bonds. The summed E-state index contributed by atoms with van der Waals surface area (Å²) in [6.45, 7) is 6.02. The van der Waals surface area contributed by atoms with Gasteiger partial charge in [-0.1, -0.05) is 6.08 Å². The zero-order chi connectivity index (χ0) is 11.7. The lowest BCUT2D eigenvalue weighted by Crippen LogP contribution is -2.63. The monoisotopic (exact) mass is 222 g/mol. The second kappa shape index (κ2) is 4.28. The number of rotatable bonds is 4. The predicted molar refractivity (Wildman–Crippen MR) is 60.6 cm³/mol. The van der Waals surface area contributed by atoms with Crippen molar-refractivity contribution in [2.75, 3.05) is 6.54 Å². The maximum atomic E-state index is 12.1. The van der Waals surface area contributed by atoms with Crippen LogP contribution in [0.5, 0.6) is 0 Å². The first-order valence-corrected chi connectivity index (χ1v) is 5.87. The van der Waals surface area contributed by atoms with Gasteiger partial charge in [-0.3, -0.25) is 9.59 Å². The van der Waals surface area contributed by atoms with Gasteiger partial charge in [0, 0.05) is 6.54 Å². The molecule has 1 aliphatic carbocycles. The SMILES string of the molecule is C=CCCN1C(=O)C(C2CC2)NC(=O)C1C. The fourth-order valence-corrected chi connectivity index (χ4v) is 2.13. The van der Waals surface area contributed by atoms with E-state index in [1.165, 1.54) is 0 Å².